The van der Waals surface area contributed by atoms with Gasteiger partial charge >= 0.3 is 0 Å². The number of aromatic nitrogens is 1. The number of rotatable bonds is 4. The number of carbonyl (C=O) groups excluding carboxylic acids is 1. The number of nitrogens with zero attached hydrogens (tertiary/aromatic N) is 1. The van der Waals surface area contributed by atoms with E-state index in [9.17, 15) is 13.2 Å². The topological polar surface area (TPSA) is 98.5 Å². The fourth-order valence-corrected chi connectivity index (χ4v) is 4.12. The number of nitrogens with one attached hydrogen (secondary N) is 1. The van der Waals surface area contributed by atoms with E-state index >= 15 is 0 Å². The Labute approximate surface area is 133 Å². The number of sulfone groups is 1. The number of benzene rings is 1. The van der Waals surface area contributed by atoms with E-state index in [1.54, 1.807) is 19.2 Å². The Kier molecular flexibility index (Phi) is 4.08. The van der Waals surface area contributed by atoms with Gasteiger partial charge in [0, 0.05) is 17.7 Å². The first-order chi connectivity index (χ1) is 11.0. The molecule has 1 unspecified atom stereocenters. The Bertz CT molecular complexity index is 811. The van der Waals surface area contributed by atoms with E-state index in [1.165, 1.54) is 6.07 Å². The zero-order chi connectivity index (χ0) is 16.4. The zero-order valence-corrected chi connectivity index (χ0v) is 13.3. The third kappa shape index (κ3) is 3.53. The molecule has 1 aromatic carbocycles. The molecule has 8 heteroatoms. The summed E-state index contributed by atoms with van der Waals surface area (Å²) in [6, 6.07) is 8.34. The molecule has 1 aliphatic rings. The normalized spacial score (nSPS) is 19.4. The van der Waals surface area contributed by atoms with Crippen molar-refractivity contribution in [1.82, 2.24) is 10.5 Å². The van der Waals surface area contributed by atoms with Crippen LogP contribution in [0.4, 0.5) is 0 Å². The quantitative estimate of drug-likeness (QED) is 0.903. The molecule has 1 fully saturated rings. The Balaban J connectivity index is 1.69. The lowest BCUT2D eigenvalue weighted by Crippen LogP contribution is -2.35. The highest BCUT2D eigenvalue weighted by atomic mass is 32.2. The van der Waals surface area contributed by atoms with E-state index < -0.39 is 15.7 Å². The number of carbonyl (C=O) groups is 1. The highest BCUT2D eigenvalue weighted by Gasteiger charge is 2.30. The fraction of sp³-hybridized carbons (Fsp3) is 0.333. The van der Waals surface area contributed by atoms with Crippen molar-refractivity contribution in [3.63, 3.8) is 0 Å². The van der Waals surface area contributed by atoms with Gasteiger partial charge in [-0.25, -0.2) is 8.42 Å². The van der Waals surface area contributed by atoms with Crippen LogP contribution in [0, 0.1) is 0 Å². The van der Waals surface area contributed by atoms with Crippen molar-refractivity contribution >= 4 is 15.7 Å². The Morgan fingerprint density at radius 3 is 2.70 bits per heavy atom. The molecule has 1 N–H and O–H groups in total. The van der Waals surface area contributed by atoms with E-state index in [0.29, 0.717) is 12.1 Å². The minimum atomic E-state index is -3.04. The molecule has 7 nitrogen and oxygen atoms in total. The van der Waals surface area contributed by atoms with Crippen molar-refractivity contribution in [1.29, 1.82) is 0 Å². The molecule has 1 atom stereocenters. The minimum Gasteiger partial charge on any atom is -0.497 e. The molecule has 0 radical (unpaired) electrons. The van der Waals surface area contributed by atoms with Gasteiger partial charge in [0.2, 0.25) is 5.76 Å². The summed E-state index contributed by atoms with van der Waals surface area (Å²) in [5.74, 6) is 0.390. The van der Waals surface area contributed by atoms with Crippen LogP contribution < -0.4 is 10.1 Å². The molecule has 0 saturated carbocycles. The predicted molar refractivity (Wildman–Crippen MR) is 83.0 cm³/mol. The van der Waals surface area contributed by atoms with Crippen LogP contribution in [0.1, 0.15) is 17.0 Å². The van der Waals surface area contributed by atoms with Crippen molar-refractivity contribution in [3.05, 3.63) is 36.1 Å². The first kappa shape index (κ1) is 15.5. The lowest BCUT2D eigenvalue weighted by atomic mass is 10.1. The summed E-state index contributed by atoms with van der Waals surface area (Å²) in [4.78, 5) is 12.1. The number of amides is 1. The van der Waals surface area contributed by atoms with Gasteiger partial charge in [-0.1, -0.05) is 5.16 Å². The second-order valence-electron chi connectivity index (χ2n) is 5.38. The second-order valence-corrected chi connectivity index (χ2v) is 7.61. The van der Waals surface area contributed by atoms with E-state index in [0.717, 1.165) is 11.3 Å². The minimum absolute atomic E-state index is 0.0295. The van der Waals surface area contributed by atoms with Crippen LogP contribution >= 0.6 is 0 Å². The molecular formula is C15H16N2O5S. The molecule has 1 amide bonds. The van der Waals surface area contributed by atoms with Crippen molar-refractivity contribution in [3.8, 4) is 17.0 Å². The fourth-order valence-electron chi connectivity index (χ4n) is 2.45. The highest BCUT2D eigenvalue weighted by molar-refractivity contribution is 7.91. The Morgan fingerprint density at radius 1 is 1.35 bits per heavy atom. The van der Waals surface area contributed by atoms with E-state index in [-0.39, 0.29) is 23.3 Å². The van der Waals surface area contributed by atoms with Gasteiger partial charge in [0.05, 0.1) is 18.6 Å². The third-order valence-corrected chi connectivity index (χ3v) is 5.46. The average molecular weight is 336 g/mol. The van der Waals surface area contributed by atoms with E-state index in [2.05, 4.69) is 10.5 Å². The maximum atomic E-state index is 12.1. The van der Waals surface area contributed by atoms with Gasteiger partial charge in [-0.3, -0.25) is 4.79 Å². The van der Waals surface area contributed by atoms with Crippen LogP contribution in [-0.4, -0.2) is 44.1 Å². The molecule has 2 aromatic rings. The van der Waals surface area contributed by atoms with Crippen LogP contribution in [0.3, 0.4) is 0 Å². The van der Waals surface area contributed by atoms with Crippen molar-refractivity contribution in [2.45, 2.75) is 12.5 Å². The molecule has 3 rings (SSSR count). The number of ether oxygens (including phenoxy) is 1. The Hall–Kier alpha value is -2.35. The summed E-state index contributed by atoms with van der Waals surface area (Å²) in [6.07, 6.45) is 0.424. The van der Waals surface area contributed by atoms with Crippen molar-refractivity contribution in [2.24, 2.45) is 0 Å². The average Bonchev–Trinajstić information content (AvgIpc) is 3.14. The highest BCUT2D eigenvalue weighted by Crippen LogP contribution is 2.22. The van der Waals surface area contributed by atoms with E-state index in [1.807, 2.05) is 12.1 Å². The zero-order valence-electron chi connectivity index (χ0n) is 12.5. The van der Waals surface area contributed by atoms with E-state index in [4.69, 9.17) is 9.26 Å². The summed E-state index contributed by atoms with van der Waals surface area (Å²) in [7, 11) is -1.46. The number of methoxy groups -OCH3 is 1. The third-order valence-electron chi connectivity index (χ3n) is 3.69. The van der Waals surface area contributed by atoms with Crippen LogP contribution in [0.15, 0.2) is 34.9 Å². The van der Waals surface area contributed by atoms with Crippen LogP contribution in [0.25, 0.3) is 11.3 Å². The smallest absolute Gasteiger partial charge is 0.290 e. The first-order valence-corrected chi connectivity index (χ1v) is 8.91. The molecule has 122 valence electrons. The monoisotopic (exact) mass is 336 g/mol. The maximum absolute atomic E-state index is 12.1. The van der Waals surface area contributed by atoms with Crippen LogP contribution in [-0.2, 0) is 9.84 Å². The van der Waals surface area contributed by atoms with Crippen molar-refractivity contribution in [2.75, 3.05) is 18.6 Å². The molecule has 1 aromatic heterocycles. The molecule has 23 heavy (non-hydrogen) atoms. The summed E-state index contributed by atoms with van der Waals surface area (Å²) in [6.45, 7) is 0. The number of hydrogen-bond donors (Lipinski definition) is 1. The molecule has 0 aliphatic carbocycles. The van der Waals surface area contributed by atoms with Gasteiger partial charge in [-0.05, 0) is 30.7 Å². The summed E-state index contributed by atoms with van der Waals surface area (Å²) in [5.41, 5.74) is 1.31. The molecule has 1 saturated heterocycles. The standard InChI is InChI=1S/C15H16N2O5S/c1-21-12-4-2-10(3-5-12)13-8-14(22-17-13)15(18)16-11-6-7-23(19,20)9-11/h2-5,8,11H,6-7,9H2,1H3,(H,16,18). The summed E-state index contributed by atoms with van der Waals surface area (Å²) in [5, 5.41) is 6.53. The maximum Gasteiger partial charge on any atom is 0.290 e. The molecule has 1 aliphatic heterocycles. The Morgan fingerprint density at radius 2 is 2.09 bits per heavy atom. The second kappa shape index (κ2) is 6.04. The largest absolute Gasteiger partial charge is 0.497 e. The van der Waals surface area contributed by atoms with Gasteiger partial charge in [0.25, 0.3) is 5.91 Å². The lowest BCUT2D eigenvalue weighted by Gasteiger charge is -2.07. The summed E-state index contributed by atoms with van der Waals surface area (Å²) >= 11 is 0. The van der Waals surface area contributed by atoms with Crippen molar-refractivity contribution < 1.29 is 22.5 Å². The van der Waals surface area contributed by atoms with Gasteiger partial charge in [0.1, 0.15) is 11.4 Å². The molecule has 0 bridgehead atoms. The molecule has 2 heterocycles. The lowest BCUT2D eigenvalue weighted by molar-refractivity contribution is 0.0904. The molecule has 0 spiro atoms. The van der Waals surface area contributed by atoms with Gasteiger partial charge in [-0.15, -0.1) is 0 Å². The first-order valence-electron chi connectivity index (χ1n) is 7.09. The van der Waals surface area contributed by atoms with Crippen LogP contribution in [0.5, 0.6) is 5.75 Å². The van der Waals surface area contributed by atoms with Gasteiger partial charge in [-0.2, -0.15) is 0 Å². The van der Waals surface area contributed by atoms with Gasteiger partial charge < -0.3 is 14.6 Å². The SMILES string of the molecule is COc1ccc(-c2cc(C(=O)NC3CCS(=O)(=O)C3)on2)cc1. The van der Waals surface area contributed by atoms with Gasteiger partial charge in [0.15, 0.2) is 9.84 Å². The number of hydrogen-bond acceptors (Lipinski definition) is 6. The van der Waals surface area contributed by atoms with Crippen LogP contribution in [0.2, 0.25) is 0 Å². The molecular weight excluding hydrogens is 320 g/mol. The summed E-state index contributed by atoms with van der Waals surface area (Å²) < 4.78 is 32.9. The predicted octanol–water partition coefficient (Wildman–Crippen LogP) is 1.27.